The number of fused-ring (bicyclic) bond motifs is 2. The Bertz CT molecular complexity index is 1650. The second-order valence-corrected chi connectivity index (χ2v) is 12.9. The third kappa shape index (κ3) is 5.09. The number of hydrogen-bond donors (Lipinski definition) is 1. The molecule has 0 spiro atoms. The number of likely N-dealkylation sites (tertiary alicyclic amines) is 1. The number of aromatic nitrogens is 2. The van der Waals surface area contributed by atoms with Gasteiger partial charge < -0.3 is 23.9 Å². The number of benzene rings is 2. The molecule has 1 N–H and O–H groups in total. The normalized spacial score (nSPS) is 24.7. The highest BCUT2D eigenvalue weighted by molar-refractivity contribution is 7.20. The quantitative estimate of drug-likeness (QED) is 0.252. The largest absolute Gasteiger partial charge is 0.477 e. The van der Waals surface area contributed by atoms with E-state index in [1.807, 2.05) is 24.3 Å². The predicted octanol–water partition coefficient (Wildman–Crippen LogP) is 6.61. The van der Waals surface area contributed by atoms with Gasteiger partial charge in [0.05, 0.1) is 36.4 Å². The molecule has 0 aliphatic carbocycles. The fourth-order valence-electron chi connectivity index (χ4n) is 6.31. The van der Waals surface area contributed by atoms with E-state index in [-0.39, 0.29) is 18.1 Å². The van der Waals surface area contributed by atoms with Gasteiger partial charge in [0.2, 0.25) is 5.79 Å². The Morgan fingerprint density at radius 2 is 1.98 bits per heavy atom. The Balaban J connectivity index is 1.09. The molecule has 5 heterocycles. The molecule has 42 heavy (non-hydrogen) atoms. The summed E-state index contributed by atoms with van der Waals surface area (Å²) in [5.74, 6) is -0.837. The van der Waals surface area contributed by atoms with Crippen molar-refractivity contribution in [1.29, 1.82) is 0 Å². The van der Waals surface area contributed by atoms with Crippen molar-refractivity contribution in [1.82, 2.24) is 14.5 Å². The third-order valence-electron chi connectivity index (χ3n) is 8.64. The van der Waals surface area contributed by atoms with Crippen molar-refractivity contribution in [2.24, 2.45) is 5.92 Å². The smallest absolute Gasteiger partial charge is 0.346 e. The van der Waals surface area contributed by atoms with Gasteiger partial charge in [0.1, 0.15) is 27.1 Å². The van der Waals surface area contributed by atoms with Crippen LogP contribution in [0, 0.1) is 11.7 Å². The van der Waals surface area contributed by atoms with E-state index in [9.17, 15) is 9.90 Å². The lowest BCUT2D eigenvalue weighted by atomic mass is 9.85. The first-order valence-electron chi connectivity index (χ1n) is 14.2. The molecule has 2 fully saturated rings. The summed E-state index contributed by atoms with van der Waals surface area (Å²) < 4.78 is 35.8. The van der Waals surface area contributed by atoms with Crippen LogP contribution in [0.1, 0.15) is 58.9 Å². The SMILES string of the molecule is C[C@@]1(c2ccc(Cl)cc2F)Oc2ccccc2C(C2CCN(Cc3nc4sc(C(=O)O)cc4n3C[C@@H]3CCO3)CC2)O1. The van der Waals surface area contributed by atoms with E-state index in [4.69, 9.17) is 30.8 Å². The summed E-state index contributed by atoms with van der Waals surface area (Å²) in [7, 11) is 0. The average Bonchev–Trinajstić information content (AvgIpc) is 3.49. The third-order valence-corrected chi connectivity index (χ3v) is 9.89. The van der Waals surface area contributed by atoms with Crippen molar-refractivity contribution in [2.75, 3.05) is 19.7 Å². The number of carboxylic acid groups (broad SMARTS) is 1. The van der Waals surface area contributed by atoms with Crippen LogP contribution in [-0.4, -0.2) is 51.3 Å². The molecule has 3 aliphatic rings. The molecule has 0 amide bonds. The van der Waals surface area contributed by atoms with Crippen molar-refractivity contribution in [2.45, 2.75) is 57.3 Å². The number of aromatic carboxylic acids is 1. The van der Waals surface area contributed by atoms with E-state index in [2.05, 4.69) is 9.47 Å². The lowest BCUT2D eigenvalue weighted by molar-refractivity contribution is -0.243. The summed E-state index contributed by atoms with van der Waals surface area (Å²) in [6, 6.07) is 14.1. The minimum absolute atomic E-state index is 0.130. The first kappa shape index (κ1) is 27.8. The van der Waals surface area contributed by atoms with Gasteiger partial charge in [0.15, 0.2) is 0 Å². The molecule has 0 bridgehead atoms. The lowest BCUT2D eigenvalue weighted by Crippen LogP contribution is -2.43. The Kier molecular flexibility index (Phi) is 7.22. The summed E-state index contributed by atoms with van der Waals surface area (Å²) in [5.41, 5.74) is 2.16. The molecule has 220 valence electrons. The highest BCUT2D eigenvalue weighted by Gasteiger charge is 2.44. The summed E-state index contributed by atoms with van der Waals surface area (Å²) in [4.78, 5) is 19.9. The molecule has 3 aliphatic heterocycles. The van der Waals surface area contributed by atoms with Gasteiger partial charge in [-0.15, -0.1) is 11.3 Å². The summed E-state index contributed by atoms with van der Waals surface area (Å²) in [6.45, 7) is 5.56. The fraction of sp³-hybridized carbons (Fsp3) is 0.419. The van der Waals surface area contributed by atoms with Crippen LogP contribution in [0.25, 0.3) is 10.3 Å². The molecule has 2 aromatic carbocycles. The molecule has 0 saturated carbocycles. The molecular formula is C31H31ClFN3O5S. The predicted molar refractivity (Wildman–Crippen MR) is 157 cm³/mol. The van der Waals surface area contributed by atoms with Crippen molar-refractivity contribution >= 4 is 39.3 Å². The number of thiophene rings is 1. The number of halogens is 2. The molecule has 8 nitrogen and oxygen atoms in total. The van der Waals surface area contributed by atoms with Crippen LogP contribution in [0.2, 0.25) is 5.02 Å². The van der Waals surface area contributed by atoms with Crippen LogP contribution in [0.4, 0.5) is 4.39 Å². The molecule has 1 unspecified atom stereocenters. The zero-order valence-corrected chi connectivity index (χ0v) is 24.7. The standard InChI is InChI=1S/C31H31ClFN3O5S/c1-31(22-7-6-19(32)14-23(22)33)40-25-5-3-2-4-21(25)28(41-31)18-8-11-35(12-9-18)17-27-34-29-24(15-26(42-29)30(37)38)36(27)16-20-10-13-39-20/h2-7,14-15,18,20,28H,8-13,16-17H2,1H3,(H,37,38)/t20-,28?,31+/m0/s1. The monoisotopic (exact) mass is 611 g/mol. The summed E-state index contributed by atoms with van der Waals surface area (Å²) in [5, 5.41) is 9.80. The van der Waals surface area contributed by atoms with Gasteiger partial charge in [-0.3, -0.25) is 4.90 Å². The van der Waals surface area contributed by atoms with Gasteiger partial charge in [0.25, 0.3) is 0 Å². The number of imidazole rings is 1. The minimum atomic E-state index is -1.29. The maximum Gasteiger partial charge on any atom is 0.346 e. The van der Waals surface area contributed by atoms with Gasteiger partial charge >= 0.3 is 5.97 Å². The number of para-hydroxylation sites is 1. The number of rotatable bonds is 7. The Morgan fingerprint density at radius 1 is 1.19 bits per heavy atom. The molecule has 4 aromatic rings. The van der Waals surface area contributed by atoms with E-state index < -0.39 is 17.6 Å². The lowest BCUT2D eigenvalue weighted by Gasteiger charge is -2.44. The molecule has 2 saturated heterocycles. The van der Waals surface area contributed by atoms with E-state index in [1.54, 1.807) is 25.1 Å². The Hall–Kier alpha value is -3.02. The van der Waals surface area contributed by atoms with Gasteiger partial charge in [-0.1, -0.05) is 29.8 Å². The molecule has 2 aromatic heterocycles. The number of nitrogens with zero attached hydrogens (tertiary/aromatic N) is 3. The van der Waals surface area contributed by atoms with Crippen LogP contribution in [-0.2, 0) is 28.4 Å². The van der Waals surface area contributed by atoms with Crippen molar-refractivity contribution in [3.05, 3.63) is 81.2 Å². The fourth-order valence-corrected chi connectivity index (χ4v) is 7.36. The molecule has 3 atom stereocenters. The number of hydrogen-bond acceptors (Lipinski definition) is 7. The minimum Gasteiger partial charge on any atom is -0.477 e. The molecule has 11 heteroatoms. The van der Waals surface area contributed by atoms with Crippen LogP contribution in [0.15, 0.2) is 48.5 Å². The van der Waals surface area contributed by atoms with Crippen LogP contribution in [0.3, 0.4) is 0 Å². The van der Waals surface area contributed by atoms with E-state index in [1.165, 1.54) is 17.4 Å². The second kappa shape index (κ2) is 10.9. The number of ether oxygens (including phenoxy) is 3. The second-order valence-electron chi connectivity index (χ2n) is 11.4. The number of carboxylic acids is 1. The molecule has 7 rings (SSSR count). The van der Waals surface area contributed by atoms with Crippen molar-refractivity contribution in [3.63, 3.8) is 0 Å². The highest BCUT2D eigenvalue weighted by Crippen LogP contribution is 2.49. The summed E-state index contributed by atoms with van der Waals surface area (Å²) in [6.07, 6.45) is 2.65. The highest BCUT2D eigenvalue weighted by atomic mass is 35.5. The van der Waals surface area contributed by atoms with Crippen molar-refractivity contribution < 1.29 is 28.5 Å². The topological polar surface area (TPSA) is 86.1 Å². The van der Waals surface area contributed by atoms with Crippen LogP contribution < -0.4 is 4.74 Å². The van der Waals surface area contributed by atoms with Crippen molar-refractivity contribution in [3.8, 4) is 5.75 Å². The van der Waals surface area contributed by atoms with Crippen LogP contribution in [0.5, 0.6) is 5.75 Å². The summed E-state index contributed by atoms with van der Waals surface area (Å²) >= 11 is 7.24. The van der Waals surface area contributed by atoms with E-state index in [0.717, 1.165) is 60.7 Å². The maximum atomic E-state index is 15.0. The number of piperidine rings is 1. The molecular weight excluding hydrogens is 581 g/mol. The molecule has 0 radical (unpaired) electrons. The first-order valence-corrected chi connectivity index (χ1v) is 15.4. The average molecular weight is 612 g/mol. The zero-order chi connectivity index (χ0) is 29.0. The Morgan fingerprint density at radius 3 is 2.69 bits per heavy atom. The number of carbonyl (C=O) groups is 1. The maximum absolute atomic E-state index is 15.0. The van der Waals surface area contributed by atoms with Gasteiger partial charge in [-0.2, -0.15) is 0 Å². The zero-order valence-electron chi connectivity index (χ0n) is 23.1. The van der Waals surface area contributed by atoms with Gasteiger partial charge in [-0.05, 0) is 68.6 Å². The Labute approximate surface area is 251 Å². The van der Waals surface area contributed by atoms with E-state index >= 15 is 4.39 Å². The first-order chi connectivity index (χ1) is 20.3. The van der Waals surface area contributed by atoms with Crippen LogP contribution >= 0.6 is 22.9 Å². The van der Waals surface area contributed by atoms with Gasteiger partial charge in [0, 0.05) is 24.1 Å². The van der Waals surface area contributed by atoms with E-state index in [0.29, 0.717) is 34.3 Å². The van der Waals surface area contributed by atoms with Gasteiger partial charge in [-0.25, -0.2) is 14.2 Å².